The number of hydrogen-bond acceptors (Lipinski definition) is 3. The zero-order valence-electron chi connectivity index (χ0n) is 17.1. The molecule has 146 valence electrons. The van der Waals surface area contributed by atoms with Crippen LogP contribution in [0.2, 0.25) is 0 Å². The monoisotopic (exact) mass is 359 g/mol. The molecule has 1 heterocycles. The van der Waals surface area contributed by atoms with Gasteiger partial charge in [0.25, 0.3) is 0 Å². The number of likely N-dealkylation sites (N-methyl/N-ethyl adjacent to an activating group) is 1. The molecular formula is C21H37N5. The Bertz CT molecular complexity index is 557. The van der Waals surface area contributed by atoms with Crippen molar-refractivity contribution in [2.45, 2.75) is 52.7 Å². The summed E-state index contributed by atoms with van der Waals surface area (Å²) in [5, 5.41) is 6.92. The molecule has 1 aromatic carbocycles. The molecule has 5 nitrogen and oxygen atoms in total. The van der Waals surface area contributed by atoms with E-state index in [0.717, 1.165) is 38.7 Å². The Balaban J connectivity index is 1.92. The fraction of sp³-hybridized carbons (Fsp3) is 0.667. The average molecular weight is 360 g/mol. The topological polar surface area (TPSA) is 42.9 Å². The second-order valence-electron chi connectivity index (χ2n) is 7.15. The number of hydrogen-bond donors (Lipinski definition) is 2. The maximum atomic E-state index is 4.80. The van der Waals surface area contributed by atoms with Crippen molar-refractivity contribution >= 4 is 5.96 Å². The van der Waals surface area contributed by atoms with Gasteiger partial charge < -0.3 is 15.5 Å². The molecule has 26 heavy (non-hydrogen) atoms. The van der Waals surface area contributed by atoms with Crippen molar-refractivity contribution in [3.63, 3.8) is 0 Å². The summed E-state index contributed by atoms with van der Waals surface area (Å²) in [5.74, 6) is 0.923. The molecule has 0 radical (unpaired) electrons. The highest BCUT2D eigenvalue weighted by Gasteiger charge is 2.22. The van der Waals surface area contributed by atoms with E-state index in [0.29, 0.717) is 12.6 Å². The van der Waals surface area contributed by atoms with Gasteiger partial charge in [0.2, 0.25) is 0 Å². The van der Waals surface area contributed by atoms with Crippen molar-refractivity contribution in [1.82, 2.24) is 20.4 Å². The molecule has 1 atom stereocenters. The zero-order valence-corrected chi connectivity index (χ0v) is 17.1. The van der Waals surface area contributed by atoms with Crippen molar-refractivity contribution < 1.29 is 0 Å². The van der Waals surface area contributed by atoms with Gasteiger partial charge in [-0.2, -0.15) is 0 Å². The molecule has 0 aliphatic carbocycles. The molecule has 0 amide bonds. The summed E-state index contributed by atoms with van der Waals surface area (Å²) in [4.78, 5) is 9.67. The SMILES string of the molecule is CCNC(=NCc1cccc(CN(C)CC)c1)NCC1CCCN1CC. The first-order valence-corrected chi connectivity index (χ1v) is 10.2. The third kappa shape index (κ3) is 6.61. The van der Waals surface area contributed by atoms with Crippen LogP contribution < -0.4 is 10.6 Å². The lowest BCUT2D eigenvalue weighted by Gasteiger charge is -2.24. The molecule has 1 aliphatic rings. The van der Waals surface area contributed by atoms with E-state index in [2.05, 4.69) is 72.5 Å². The molecule has 5 heteroatoms. The van der Waals surface area contributed by atoms with E-state index < -0.39 is 0 Å². The number of rotatable bonds is 9. The van der Waals surface area contributed by atoms with Crippen LogP contribution in [0.1, 0.15) is 44.7 Å². The Morgan fingerprint density at radius 1 is 1.23 bits per heavy atom. The van der Waals surface area contributed by atoms with Gasteiger partial charge in [0, 0.05) is 25.7 Å². The first kappa shape index (κ1) is 20.7. The minimum Gasteiger partial charge on any atom is -0.357 e. The zero-order chi connectivity index (χ0) is 18.8. The predicted octanol–water partition coefficient (Wildman–Crippen LogP) is 2.68. The van der Waals surface area contributed by atoms with E-state index in [1.165, 1.54) is 30.5 Å². The molecule has 1 unspecified atom stereocenters. The fourth-order valence-corrected chi connectivity index (χ4v) is 3.52. The van der Waals surface area contributed by atoms with E-state index >= 15 is 0 Å². The van der Waals surface area contributed by atoms with E-state index in [-0.39, 0.29) is 0 Å². The van der Waals surface area contributed by atoms with E-state index in [1.807, 2.05) is 0 Å². The summed E-state index contributed by atoms with van der Waals surface area (Å²) >= 11 is 0. The number of aliphatic imine (C=N–C) groups is 1. The van der Waals surface area contributed by atoms with Crippen LogP contribution in [0.3, 0.4) is 0 Å². The predicted molar refractivity (Wildman–Crippen MR) is 112 cm³/mol. The van der Waals surface area contributed by atoms with Gasteiger partial charge in [-0.25, -0.2) is 4.99 Å². The van der Waals surface area contributed by atoms with Gasteiger partial charge in [0.15, 0.2) is 5.96 Å². The molecule has 0 spiro atoms. The van der Waals surface area contributed by atoms with Crippen LogP contribution in [0, 0.1) is 0 Å². The minimum atomic E-state index is 0.636. The Morgan fingerprint density at radius 2 is 2.04 bits per heavy atom. The summed E-state index contributed by atoms with van der Waals surface area (Å²) in [7, 11) is 2.15. The Kier molecular flexibility index (Phi) is 8.92. The lowest BCUT2D eigenvalue weighted by atomic mass is 10.1. The fourth-order valence-electron chi connectivity index (χ4n) is 3.52. The molecule has 0 aromatic heterocycles. The lowest BCUT2D eigenvalue weighted by Crippen LogP contribution is -2.44. The molecule has 0 saturated carbocycles. The maximum absolute atomic E-state index is 4.80. The molecule has 0 bridgehead atoms. The number of nitrogens with zero attached hydrogens (tertiary/aromatic N) is 3. The summed E-state index contributed by atoms with van der Waals surface area (Å²) < 4.78 is 0. The number of benzene rings is 1. The Morgan fingerprint density at radius 3 is 2.77 bits per heavy atom. The number of likely N-dealkylation sites (tertiary alicyclic amines) is 1. The second kappa shape index (κ2) is 11.2. The molecule has 1 aliphatic heterocycles. The molecule has 1 aromatic rings. The molecule has 2 N–H and O–H groups in total. The third-order valence-electron chi connectivity index (χ3n) is 5.16. The van der Waals surface area contributed by atoms with Gasteiger partial charge >= 0.3 is 0 Å². The molecule has 1 fully saturated rings. The summed E-state index contributed by atoms with van der Waals surface area (Å²) in [6.07, 6.45) is 2.60. The summed E-state index contributed by atoms with van der Waals surface area (Å²) in [5.41, 5.74) is 2.62. The van der Waals surface area contributed by atoms with Gasteiger partial charge in [-0.15, -0.1) is 0 Å². The van der Waals surface area contributed by atoms with Crippen molar-refractivity contribution in [3.8, 4) is 0 Å². The summed E-state index contributed by atoms with van der Waals surface area (Å²) in [6, 6.07) is 9.41. The van der Waals surface area contributed by atoms with Gasteiger partial charge in [0.1, 0.15) is 0 Å². The van der Waals surface area contributed by atoms with Crippen LogP contribution >= 0.6 is 0 Å². The van der Waals surface area contributed by atoms with Crippen molar-refractivity contribution in [1.29, 1.82) is 0 Å². The number of guanidine groups is 1. The highest BCUT2D eigenvalue weighted by molar-refractivity contribution is 5.79. The van der Waals surface area contributed by atoms with E-state index in [1.54, 1.807) is 0 Å². The van der Waals surface area contributed by atoms with E-state index in [9.17, 15) is 0 Å². The van der Waals surface area contributed by atoms with Gasteiger partial charge in [-0.3, -0.25) is 4.90 Å². The van der Waals surface area contributed by atoms with E-state index in [4.69, 9.17) is 4.99 Å². The molecule has 2 rings (SSSR count). The lowest BCUT2D eigenvalue weighted by molar-refractivity contribution is 0.267. The largest absolute Gasteiger partial charge is 0.357 e. The van der Waals surface area contributed by atoms with Gasteiger partial charge in [-0.05, 0) is 57.6 Å². The normalized spacial score (nSPS) is 18.5. The standard InChI is InChI=1S/C21H37N5/c1-5-22-21(24-16-20-12-9-13-26(20)7-3)23-15-18-10-8-11-19(14-18)17-25(4)6-2/h8,10-11,14,20H,5-7,9,12-13,15-17H2,1-4H3,(H2,22,23,24). The highest BCUT2D eigenvalue weighted by Crippen LogP contribution is 2.15. The van der Waals surface area contributed by atoms with Crippen molar-refractivity contribution in [3.05, 3.63) is 35.4 Å². The number of nitrogens with one attached hydrogen (secondary N) is 2. The quantitative estimate of drug-likeness (QED) is 0.525. The second-order valence-corrected chi connectivity index (χ2v) is 7.15. The van der Waals surface area contributed by atoms with Crippen LogP contribution in [-0.2, 0) is 13.1 Å². The van der Waals surface area contributed by atoms with Crippen LogP contribution in [0.25, 0.3) is 0 Å². The highest BCUT2D eigenvalue weighted by atomic mass is 15.2. The third-order valence-corrected chi connectivity index (χ3v) is 5.16. The average Bonchev–Trinajstić information content (AvgIpc) is 3.11. The molecular weight excluding hydrogens is 322 g/mol. The first-order chi connectivity index (χ1) is 12.7. The van der Waals surface area contributed by atoms with Gasteiger partial charge in [-0.1, -0.05) is 38.1 Å². The van der Waals surface area contributed by atoms with Crippen LogP contribution in [0.4, 0.5) is 0 Å². The van der Waals surface area contributed by atoms with Gasteiger partial charge in [0.05, 0.1) is 6.54 Å². The minimum absolute atomic E-state index is 0.636. The molecule has 1 saturated heterocycles. The summed E-state index contributed by atoms with van der Waals surface area (Å²) in [6.45, 7) is 13.5. The van der Waals surface area contributed by atoms with Crippen LogP contribution in [0.15, 0.2) is 29.3 Å². The smallest absolute Gasteiger partial charge is 0.191 e. The maximum Gasteiger partial charge on any atom is 0.191 e. The van der Waals surface area contributed by atoms with Crippen LogP contribution in [-0.4, -0.2) is 61.6 Å². The van der Waals surface area contributed by atoms with Crippen LogP contribution in [0.5, 0.6) is 0 Å². The Hall–Kier alpha value is -1.59. The van der Waals surface area contributed by atoms with Crippen molar-refractivity contribution in [2.24, 2.45) is 4.99 Å². The van der Waals surface area contributed by atoms with Crippen molar-refractivity contribution in [2.75, 3.05) is 39.8 Å². The Labute approximate surface area is 159 Å². The first-order valence-electron chi connectivity index (χ1n) is 10.2.